The number of rotatable bonds is 3. The number of fused-ring (bicyclic) bond motifs is 3. The highest BCUT2D eigenvalue weighted by atomic mass is 16.6. The average molecular weight is 575 g/mol. The van der Waals surface area contributed by atoms with Crippen LogP contribution in [0, 0.1) is 39.4 Å². The van der Waals surface area contributed by atoms with Crippen LogP contribution in [0.15, 0.2) is 23.0 Å². The van der Waals surface area contributed by atoms with E-state index in [1.165, 1.54) is 26.4 Å². The highest BCUT2D eigenvalue weighted by Crippen LogP contribution is 2.75. The molecule has 0 radical (unpaired) electrons. The van der Waals surface area contributed by atoms with Gasteiger partial charge >= 0.3 is 11.9 Å². The zero-order valence-corrected chi connectivity index (χ0v) is 23.9. The van der Waals surface area contributed by atoms with E-state index in [0.29, 0.717) is 5.56 Å². The number of esters is 2. The van der Waals surface area contributed by atoms with Crippen molar-refractivity contribution in [3.8, 4) is 0 Å². The molecular formula is C30H38O11. The first-order chi connectivity index (χ1) is 19.2. The summed E-state index contributed by atoms with van der Waals surface area (Å²) in [4.78, 5) is 53.5. The van der Waals surface area contributed by atoms with Gasteiger partial charge in [-0.1, -0.05) is 20.8 Å². The minimum absolute atomic E-state index is 0.0283. The predicted octanol–water partition coefficient (Wildman–Crippen LogP) is 1.51. The lowest BCUT2D eigenvalue weighted by Crippen LogP contribution is -2.80. The van der Waals surface area contributed by atoms with Gasteiger partial charge in [0, 0.05) is 60.7 Å². The first-order valence-electron chi connectivity index (χ1n) is 14.2. The van der Waals surface area contributed by atoms with Gasteiger partial charge in [-0.15, -0.1) is 0 Å². The monoisotopic (exact) mass is 574 g/mol. The SMILES string of the molecule is CC(=O)O[C@@H]1C[C@H](O)[C@@]23COC(O)C1(C)[C@@H]2C[C@@H](O)[C@@]1(C)[C@@H]2C(=O)C[C@@H](c4ccoc4)[C@]2(C)[C@@H](OC(C)=O)C(=O)[C@@H]13. The maximum atomic E-state index is 14.9. The Morgan fingerprint density at radius 1 is 0.927 bits per heavy atom. The highest BCUT2D eigenvalue weighted by Gasteiger charge is 2.82. The fourth-order valence-electron chi connectivity index (χ4n) is 10.3. The van der Waals surface area contributed by atoms with E-state index in [9.17, 15) is 34.5 Å². The molecule has 11 nitrogen and oxygen atoms in total. The summed E-state index contributed by atoms with van der Waals surface area (Å²) >= 11 is 0. The zero-order valence-electron chi connectivity index (χ0n) is 23.9. The number of carbonyl (C=O) groups is 4. The topological polar surface area (TPSA) is 170 Å². The Morgan fingerprint density at radius 3 is 2.22 bits per heavy atom. The van der Waals surface area contributed by atoms with E-state index in [-0.39, 0.29) is 31.7 Å². The largest absolute Gasteiger partial charge is 0.472 e. The van der Waals surface area contributed by atoms with Crippen LogP contribution in [0.3, 0.4) is 0 Å². The Hall–Kier alpha value is -2.60. The lowest BCUT2D eigenvalue weighted by atomic mass is 9.33. The molecule has 3 N–H and O–H groups in total. The summed E-state index contributed by atoms with van der Waals surface area (Å²) in [5.41, 5.74) is -4.52. The number of hydrogen-bond donors (Lipinski definition) is 3. The van der Waals surface area contributed by atoms with Crippen LogP contribution in [-0.4, -0.2) is 76.1 Å². The molecule has 2 heterocycles. The molecule has 13 atom stereocenters. The summed E-state index contributed by atoms with van der Waals surface area (Å²) in [6.07, 6.45) is -3.16. The third kappa shape index (κ3) is 3.34. The van der Waals surface area contributed by atoms with Crippen LogP contribution in [0.1, 0.15) is 65.4 Å². The second-order valence-electron chi connectivity index (χ2n) is 13.6. The van der Waals surface area contributed by atoms with Crippen LogP contribution in [0.25, 0.3) is 0 Å². The van der Waals surface area contributed by atoms with Crippen LogP contribution < -0.4 is 0 Å². The molecular weight excluding hydrogens is 536 g/mol. The molecule has 1 aromatic heterocycles. The third-order valence-corrected chi connectivity index (χ3v) is 11.9. The Morgan fingerprint density at radius 2 is 1.61 bits per heavy atom. The van der Waals surface area contributed by atoms with E-state index >= 15 is 0 Å². The van der Waals surface area contributed by atoms with Crippen molar-refractivity contribution in [1.82, 2.24) is 0 Å². The van der Waals surface area contributed by atoms with Crippen molar-refractivity contribution in [3.05, 3.63) is 24.2 Å². The van der Waals surface area contributed by atoms with Crippen molar-refractivity contribution in [2.45, 2.75) is 90.5 Å². The fraction of sp³-hybridized carbons (Fsp3) is 0.733. The van der Waals surface area contributed by atoms with E-state index in [0.717, 1.165) is 0 Å². The number of ketones is 2. The smallest absolute Gasteiger partial charge is 0.303 e. The van der Waals surface area contributed by atoms with Crippen LogP contribution in [-0.2, 0) is 33.4 Å². The number of aliphatic hydroxyl groups excluding tert-OH is 3. The maximum Gasteiger partial charge on any atom is 0.303 e. The van der Waals surface area contributed by atoms with Gasteiger partial charge in [-0.3, -0.25) is 19.2 Å². The number of Topliss-reactive ketones (excluding diaryl/α,β-unsaturated/α-hetero) is 2. The van der Waals surface area contributed by atoms with Crippen LogP contribution in [0.2, 0.25) is 0 Å². The van der Waals surface area contributed by atoms with Gasteiger partial charge in [-0.05, 0) is 24.0 Å². The van der Waals surface area contributed by atoms with Crippen LogP contribution in [0.5, 0.6) is 0 Å². The minimum Gasteiger partial charge on any atom is -0.472 e. The van der Waals surface area contributed by atoms with Gasteiger partial charge in [-0.25, -0.2) is 0 Å². The molecule has 4 saturated carbocycles. The van der Waals surface area contributed by atoms with E-state index in [1.54, 1.807) is 26.8 Å². The zero-order chi connectivity index (χ0) is 29.9. The van der Waals surface area contributed by atoms with Gasteiger partial charge < -0.3 is 33.9 Å². The van der Waals surface area contributed by atoms with Crippen LogP contribution >= 0.6 is 0 Å². The minimum atomic E-state index is -1.40. The number of ether oxygens (including phenoxy) is 3. The molecule has 1 aromatic rings. The second-order valence-corrected chi connectivity index (χ2v) is 13.6. The summed E-state index contributed by atoms with van der Waals surface area (Å²) in [6, 6.07) is 1.73. The van der Waals surface area contributed by atoms with Gasteiger partial charge in [0.2, 0.25) is 0 Å². The molecule has 5 fully saturated rings. The number of hydrogen-bond acceptors (Lipinski definition) is 11. The summed E-state index contributed by atoms with van der Waals surface area (Å²) in [5, 5.41) is 35.1. The summed E-state index contributed by atoms with van der Waals surface area (Å²) in [7, 11) is 0. The summed E-state index contributed by atoms with van der Waals surface area (Å²) < 4.78 is 22.6. The van der Waals surface area contributed by atoms with Gasteiger partial charge in [0.15, 0.2) is 18.2 Å². The van der Waals surface area contributed by atoms with Crippen LogP contribution in [0.4, 0.5) is 0 Å². The van der Waals surface area contributed by atoms with Crippen molar-refractivity contribution >= 4 is 23.5 Å². The van der Waals surface area contributed by atoms with Crippen molar-refractivity contribution in [3.63, 3.8) is 0 Å². The molecule has 224 valence electrons. The molecule has 0 aromatic carbocycles. The first-order valence-corrected chi connectivity index (χ1v) is 14.2. The van der Waals surface area contributed by atoms with E-state index < -0.39 is 93.8 Å². The van der Waals surface area contributed by atoms with Gasteiger partial charge in [0.25, 0.3) is 0 Å². The molecule has 0 amide bonds. The number of furan rings is 1. The second kappa shape index (κ2) is 8.95. The van der Waals surface area contributed by atoms with E-state index in [2.05, 4.69) is 0 Å². The lowest BCUT2D eigenvalue weighted by Gasteiger charge is -2.72. The molecule has 2 unspecified atom stereocenters. The van der Waals surface area contributed by atoms with E-state index in [1.807, 2.05) is 0 Å². The van der Waals surface area contributed by atoms with Gasteiger partial charge in [-0.2, -0.15) is 0 Å². The Labute approximate surface area is 237 Å². The normalized spacial score (nSPS) is 50.4. The average Bonchev–Trinajstić information content (AvgIpc) is 3.50. The maximum absolute atomic E-state index is 14.9. The molecule has 1 aliphatic heterocycles. The summed E-state index contributed by atoms with van der Waals surface area (Å²) in [6.45, 7) is 7.39. The molecule has 0 spiro atoms. The molecule has 4 aliphatic carbocycles. The fourth-order valence-corrected chi connectivity index (χ4v) is 10.3. The number of aliphatic hydroxyl groups is 3. The summed E-state index contributed by atoms with van der Waals surface area (Å²) in [5.74, 6) is -5.30. The Balaban J connectivity index is 1.57. The molecule has 1 saturated heterocycles. The molecule has 5 aliphatic rings. The Bertz CT molecular complexity index is 1290. The number of carbonyl (C=O) groups excluding carboxylic acids is 4. The van der Waals surface area contributed by atoms with Crippen molar-refractivity contribution < 1.29 is 53.1 Å². The predicted molar refractivity (Wildman–Crippen MR) is 138 cm³/mol. The highest BCUT2D eigenvalue weighted by molar-refractivity contribution is 5.97. The molecule has 6 rings (SSSR count). The van der Waals surface area contributed by atoms with Gasteiger partial charge in [0.05, 0.1) is 36.8 Å². The first kappa shape index (κ1) is 28.5. The Kier molecular flexibility index (Phi) is 6.23. The standard InChI is InChI=1S/C30H38O11/c1-13(31)40-21-10-20(35)30-12-39-26(37)28(21,4)18(30)9-19(34)29(5)23-17(33)8-16(15-6-7-38-11-15)27(23,3)25(41-14(2)32)22(36)24(29)30/h6-7,11,16,18-21,23-26,34-35,37H,8-10,12H2,1-5H3/t16-,18-,19+,20-,21+,23+,24-,25-,26?,27-,28?,29-,30+/m0/s1. The molecule has 41 heavy (non-hydrogen) atoms. The molecule has 11 heteroatoms. The quantitative estimate of drug-likeness (QED) is 0.447. The lowest BCUT2D eigenvalue weighted by molar-refractivity contribution is -0.371. The van der Waals surface area contributed by atoms with Gasteiger partial charge in [0.1, 0.15) is 11.9 Å². The van der Waals surface area contributed by atoms with Crippen molar-refractivity contribution in [2.75, 3.05) is 6.61 Å². The van der Waals surface area contributed by atoms with Crippen molar-refractivity contribution in [1.29, 1.82) is 0 Å². The van der Waals surface area contributed by atoms with E-state index in [4.69, 9.17) is 18.6 Å². The van der Waals surface area contributed by atoms with Crippen molar-refractivity contribution in [2.24, 2.45) is 39.4 Å². The third-order valence-electron chi connectivity index (χ3n) is 11.9. The molecule has 2 bridgehead atoms.